The molecule has 140 valence electrons. The van der Waals surface area contributed by atoms with E-state index >= 15 is 0 Å². The molecular weight excluding hydrogens is 360 g/mol. The quantitative estimate of drug-likeness (QED) is 0.696. The fourth-order valence-electron chi connectivity index (χ4n) is 3.76. The van der Waals surface area contributed by atoms with E-state index in [1.54, 1.807) is 6.07 Å². The fraction of sp³-hybridized carbons (Fsp3) is 0.318. The maximum absolute atomic E-state index is 12.5. The summed E-state index contributed by atoms with van der Waals surface area (Å²) in [5, 5.41) is 1.92. The maximum atomic E-state index is 12.5. The van der Waals surface area contributed by atoms with Crippen LogP contribution >= 0.6 is 11.6 Å². The molecule has 3 aromatic rings. The minimum absolute atomic E-state index is 0.0412. The molecule has 2 aromatic carbocycles. The minimum Gasteiger partial charge on any atom is -0.483 e. The van der Waals surface area contributed by atoms with Crippen LogP contribution in [-0.2, 0) is 4.79 Å². The Morgan fingerprint density at radius 3 is 2.70 bits per heavy atom. The third-order valence-corrected chi connectivity index (χ3v) is 5.56. The van der Waals surface area contributed by atoms with Crippen molar-refractivity contribution in [3.63, 3.8) is 0 Å². The van der Waals surface area contributed by atoms with Crippen molar-refractivity contribution in [2.24, 2.45) is 0 Å². The Labute approximate surface area is 164 Å². The number of amides is 1. The highest BCUT2D eigenvalue weighted by Gasteiger charge is 2.25. The standard InChI is InChI=1S/C22H23ClN2O2/c1-15-12-18(23)6-7-21(15)27-14-22(26)25-10-8-16(9-11-25)20-13-17-4-2-3-5-19(17)24-20/h2-7,12-13,16,24H,8-11,14H2,1H3. The number of hydrogen-bond donors (Lipinski definition) is 1. The zero-order valence-corrected chi connectivity index (χ0v) is 16.1. The lowest BCUT2D eigenvalue weighted by molar-refractivity contribution is -0.134. The third kappa shape index (κ3) is 3.96. The van der Waals surface area contributed by atoms with Crippen LogP contribution in [0.4, 0.5) is 0 Å². The summed E-state index contributed by atoms with van der Waals surface area (Å²) in [6, 6.07) is 16.0. The molecule has 1 aliphatic rings. The topological polar surface area (TPSA) is 45.3 Å². The van der Waals surface area contributed by atoms with Gasteiger partial charge < -0.3 is 14.6 Å². The maximum Gasteiger partial charge on any atom is 0.260 e. The van der Waals surface area contributed by atoms with Gasteiger partial charge in [-0.25, -0.2) is 0 Å². The van der Waals surface area contributed by atoms with Crippen molar-refractivity contribution in [3.05, 3.63) is 64.8 Å². The van der Waals surface area contributed by atoms with E-state index in [-0.39, 0.29) is 12.5 Å². The summed E-state index contributed by atoms with van der Waals surface area (Å²) >= 11 is 5.96. The van der Waals surface area contributed by atoms with Crippen molar-refractivity contribution in [1.82, 2.24) is 9.88 Å². The number of aromatic amines is 1. The van der Waals surface area contributed by atoms with E-state index in [0.29, 0.717) is 16.7 Å². The van der Waals surface area contributed by atoms with Crippen LogP contribution in [-0.4, -0.2) is 35.5 Å². The molecule has 0 atom stereocenters. The van der Waals surface area contributed by atoms with Gasteiger partial charge in [0.2, 0.25) is 0 Å². The first-order valence-electron chi connectivity index (χ1n) is 9.34. The zero-order chi connectivity index (χ0) is 18.8. The number of likely N-dealkylation sites (tertiary alicyclic amines) is 1. The van der Waals surface area contributed by atoms with Gasteiger partial charge in [-0.1, -0.05) is 29.8 Å². The number of benzene rings is 2. The second-order valence-electron chi connectivity index (χ2n) is 7.17. The van der Waals surface area contributed by atoms with Crippen molar-refractivity contribution in [2.75, 3.05) is 19.7 Å². The van der Waals surface area contributed by atoms with E-state index in [4.69, 9.17) is 16.3 Å². The molecule has 27 heavy (non-hydrogen) atoms. The van der Waals surface area contributed by atoms with Crippen LogP contribution in [0.5, 0.6) is 5.75 Å². The molecule has 1 fully saturated rings. The molecule has 1 aliphatic heterocycles. The fourth-order valence-corrected chi connectivity index (χ4v) is 3.99. The Morgan fingerprint density at radius 2 is 1.96 bits per heavy atom. The van der Waals surface area contributed by atoms with Gasteiger partial charge in [0.15, 0.2) is 6.61 Å². The van der Waals surface area contributed by atoms with Crippen LogP contribution in [0, 0.1) is 6.92 Å². The van der Waals surface area contributed by atoms with Gasteiger partial charge in [-0.2, -0.15) is 0 Å². The molecule has 0 saturated carbocycles. The number of halogens is 1. The highest BCUT2D eigenvalue weighted by Crippen LogP contribution is 2.30. The number of ether oxygens (including phenoxy) is 1. The van der Waals surface area contributed by atoms with Crippen LogP contribution in [0.3, 0.4) is 0 Å². The molecule has 0 radical (unpaired) electrons. The lowest BCUT2D eigenvalue weighted by Crippen LogP contribution is -2.40. The number of para-hydroxylation sites is 1. The van der Waals surface area contributed by atoms with Gasteiger partial charge in [0, 0.05) is 35.2 Å². The van der Waals surface area contributed by atoms with Crippen molar-refractivity contribution < 1.29 is 9.53 Å². The Bertz CT molecular complexity index is 925. The lowest BCUT2D eigenvalue weighted by atomic mass is 9.93. The number of fused-ring (bicyclic) bond motifs is 1. The van der Waals surface area contributed by atoms with Gasteiger partial charge in [0.1, 0.15) is 5.75 Å². The van der Waals surface area contributed by atoms with Gasteiger partial charge >= 0.3 is 0 Å². The Hall–Kier alpha value is -2.46. The average Bonchev–Trinajstić information content (AvgIpc) is 3.11. The number of carbonyl (C=O) groups excluding carboxylic acids is 1. The molecule has 4 nitrogen and oxygen atoms in total. The molecule has 0 unspecified atom stereocenters. The number of aromatic nitrogens is 1. The highest BCUT2D eigenvalue weighted by molar-refractivity contribution is 6.30. The predicted molar refractivity (Wildman–Crippen MR) is 109 cm³/mol. The number of rotatable bonds is 4. The molecule has 1 amide bonds. The van der Waals surface area contributed by atoms with Crippen molar-refractivity contribution >= 4 is 28.4 Å². The molecular formula is C22H23ClN2O2. The van der Waals surface area contributed by atoms with E-state index < -0.39 is 0 Å². The number of piperidine rings is 1. The van der Waals surface area contributed by atoms with Crippen LogP contribution in [0.2, 0.25) is 5.02 Å². The lowest BCUT2D eigenvalue weighted by Gasteiger charge is -2.31. The van der Waals surface area contributed by atoms with Crippen molar-refractivity contribution in [1.29, 1.82) is 0 Å². The van der Waals surface area contributed by atoms with E-state index in [1.165, 1.54) is 16.6 Å². The van der Waals surface area contributed by atoms with Gasteiger partial charge in [-0.05, 0) is 61.0 Å². The number of nitrogens with one attached hydrogen (secondary N) is 1. The van der Waals surface area contributed by atoms with Gasteiger partial charge in [0.25, 0.3) is 5.91 Å². The van der Waals surface area contributed by atoms with Crippen LogP contribution in [0.25, 0.3) is 10.9 Å². The number of nitrogens with zero attached hydrogens (tertiary/aromatic N) is 1. The summed E-state index contributed by atoms with van der Waals surface area (Å²) in [6.07, 6.45) is 1.94. The van der Waals surface area contributed by atoms with E-state index in [9.17, 15) is 4.79 Å². The molecule has 1 N–H and O–H groups in total. The Morgan fingerprint density at radius 1 is 1.19 bits per heavy atom. The smallest absolute Gasteiger partial charge is 0.260 e. The number of H-pyrrole nitrogens is 1. The predicted octanol–water partition coefficient (Wildman–Crippen LogP) is 4.91. The summed E-state index contributed by atoms with van der Waals surface area (Å²) in [6.45, 7) is 3.53. The summed E-state index contributed by atoms with van der Waals surface area (Å²) in [7, 11) is 0. The van der Waals surface area contributed by atoms with E-state index in [1.807, 2.05) is 30.0 Å². The molecule has 5 heteroatoms. The summed E-state index contributed by atoms with van der Waals surface area (Å²) < 4.78 is 5.70. The van der Waals surface area contributed by atoms with Crippen LogP contribution in [0.15, 0.2) is 48.5 Å². The summed E-state index contributed by atoms with van der Waals surface area (Å²) in [4.78, 5) is 17.9. The van der Waals surface area contributed by atoms with E-state index in [0.717, 1.165) is 31.5 Å². The average molecular weight is 383 g/mol. The monoisotopic (exact) mass is 382 g/mol. The van der Waals surface area contributed by atoms with Gasteiger partial charge in [0.05, 0.1) is 0 Å². The Balaban J connectivity index is 1.32. The van der Waals surface area contributed by atoms with Gasteiger partial charge in [-0.3, -0.25) is 4.79 Å². The third-order valence-electron chi connectivity index (χ3n) is 5.33. The molecule has 0 bridgehead atoms. The number of aryl methyl sites for hydroxylation is 1. The van der Waals surface area contributed by atoms with Crippen molar-refractivity contribution in [3.8, 4) is 5.75 Å². The first-order chi connectivity index (χ1) is 13.1. The molecule has 1 saturated heterocycles. The summed E-state index contributed by atoms with van der Waals surface area (Å²) in [5.41, 5.74) is 3.39. The molecule has 0 spiro atoms. The zero-order valence-electron chi connectivity index (χ0n) is 15.4. The second kappa shape index (κ2) is 7.65. The summed E-state index contributed by atoms with van der Waals surface area (Å²) in [5.74, 6) is 1.22. The number of carbonyl (C=O) groups is 1. The van der Waals surface area contributed by atoms with Crippen molar-refractivity contribution in [2.45, 2.75) is 25.7 Å². The first kappa shape index (κ1) is 17.9. The number of hydrogen-bond acceptors (Lipinski definition) is 2. The SMILES string of the molecule is Cc1cc(Cl)ccc1OCC(=O)N1CCC(c2cc3ccccc3[nH]2)CC1. The molecule has 1 aromatic heterocycles. The van der Waals surface area contributed by atoms with Crippen LogP contribution < -0.4 is 4.74 Å². The minimum atomic E-state index is 0.0412. The normalized spacial score (nSPS) is 15.3. The molecule has 2 heterocycles. The molecule has 4 rings (SSSR count). The first-order valence-corrected chi connectivity index (χ1v) is 9.72. The van der Waals surface area contributed by atoms with E-state index in [2.05, 4.69) is 29.2 Å². The second-order valence-corrected chi connectivity index (χ2v) is 7.60. The molecule has 0 aliphatic carbocycles. The highest BCUT2D eigenvalue weighted by atomic mass is 35.5. The van der Waals surface area contributed by atoms with Crippen LogP contribution in [0.1, 0.15) is 30.0 Å². The Kier molecular flexibility index (Phi) is 5.08. The van der Waals surface area contributed by atoms with Gasteiger partial charge in [-0.15, -0.1) is 0 Å². The largest absolute Gasteiger partial charge is 0.483 e.